The van der Waals surface area contributed by atoms with Crippen molar-refractivity contribution in [2.75, 3.05) is 23.1 Å². The van der Waals surface area contributed by atoms with Crippen LogP contribution in [0.5, 0.6) is 0 Å². The molecule has 0 radical (unpaired) electrons. The molecule has 0 atom stereocenters. The number of rotatable bonds is 5. The number of carbonyl (C=O) groups is 1. The van der Waals surface area contributed by atoms with Crippen molar-refractivity contribution in [1.82, 2.24) is 4.98 Å². The van der Waals surface area contributed by atoms with Gasteiger partial charge < -0.3 is 0 Å². The number of allylic oxidation sites excluding steroid dienone is 1. The third kappa shape index (κ3) is 5.37. The number of nitrogens with one attached hydrogen (secondary N) is 1. The van der Waals surface area contributed by atoms with Crippen LogP contribution in [0.2, 0.25) is 4.34 Å². The van der Waals surface area contributed by atoms with Gasteiger partial charge in [0.15, 0.2) is 15.0 Å². The number of amides is 1. The van der Waals surface area contributed by atoms with E-state index in [1.165, 1.54) is 29.7 Å². The van der Waals surface area contributed by atoms with Crippen molar-refractivity contribution in [3.8, 4) is 0 Å². The molecule has 1 saturated heterocycles. The van der Waals surface area contributed by atoms with Gasteiger partial charge in [-0.3, -0.25) is 10.1 Å². The van der Waals surface area contributed by atoms with Crippen molar-refractivity contribution in [3.05, 3.63) is 45.9 Å². The standard InChI is InChI=1S/C19H21ClN2O3S3/c1-12-17(20)27-19(21-12)22-18(23)16(11-13-7-9-26-10-8-13)14-3-5-15(6-4-14)28(2,24)25/h3-6,11,13H,7-10H2,1-2H3,(H,21,22,23). The maximum atomic E-state index is 13.0. The molecule has 3 rings (SSSR count). The quantitative estimate of drug-likeness (QED) is 0.661. The third-order valence-corrected chi connectivity index (χ3v) is 8.01. The van der Waals surface area contributed by atoms with Gasteiger partial charge in [0.05, 0.1) is 10.6 Å². The van der Waals surface area contributed by atoms with Gasteiger partial charge in [0.25, 0.3) is 5.91 Å². The molecule has 1 N–H and O–H groups in total. The van der Waals surface area contributed by atoms with Crippen LogP contribution in [0.25, 0.3) is 5.57 Å². The summed E-state index contributed by atoms with van der Waals surface area (Å²) in [7, 11) is -3.29. The second-order valence-electron chi connectivity index (χ2n) is 6.66. The lowest BCUT2D eigenvalue weighted by molar-refractivity contribution is -0.111. The maximum Gasteiger partial charge on any atom is 0.257 e. The fraction of sp³-hybridized carbons (Fsp3) is 0.368. The Morgan fingerprint density at radius 2 is 1.89 bits per heavy atom. The number of sulfone groups is 1. The van der Waals surface area contributed by atoms with Crippen molar-refractivity contribution in [2.24, 2.45) is 5.92 Å². The fourth-order valence-electron chi connectivity index (χ4n) is 2.90. The highest BCUT2D eigenvalue weighted by molar-refractivity contribution is 7.99. The Labute approximate surface area is 178 Å². The lowest BCUT2D eigenvalue weighted by atomic mass is 9.95. The van der Waals surface area contributed by atoms with Crippen molar-refractivity contribution < 1.29 is 13.2 Å². The molecular formula is C19H21ClN2O3S3. The third-order valence-electron chi connectivity index (χ3n) is 4.47. The van der Waals surface area contributed by atoms with E-state index in [2.05, 4.69) is 10.3 Å². The maximum absolute atomic E-state index is 13.0. The Bertz CT molecular complexity index is 972. The van der Waals surface area contributed by atoms with Crippen LogP contribution in [-0.4, -0.2) is 37.1 Å². The Kier molecular flexibility index (Phi) is 6.85. The predicted molar refractivity (Wildman–Crippen MR) is 118 cm³/mol. The zero-order valence-electron chi connectivity index (χ0n) is 15.6. The van der Waals surface area contributed by atoms with Crippen LogP contribution >= 0.6 is 34.7 Å². The van der Waals surface area contributed by atoms with Crippen LogP contribution in [-0.2, 0) is 14.6 Å². The molecule has 1 fully saturated rings. The number of nitrogens with zero attached hydrogens (tertiary/aromatic N) is 1. The SMILES string of the molecule is Cc1nc(NC(=O)C(=CC2CCSCC2)c2ccc(S(C)(=O)=O)cc2)sc1Cl. The minimum Gasteiger partial charge on any atom is -0.298 e. The minimum absolute atomic E-state index is 0.229. The minimum atomic E-state index is -3.29. The van der Waals surface area contributed by atoms with Crippen molar-refractivity contribution in [1.29, 1.82) is 0 Å². The first kappa shape index (κ1) is 21.4. The number of anilines is 1. The highest BCUT2D eigenvalue weighted by atomic mass is 35.5. The first-order chi connectivity index (χ1) is 13.2. The van der Waals surface area contributed by atoms with E-state index in [4.69, 9.17) is 11.6 Å². The van der Waals surface area contributed by atoms with Crippen LogP contribution in [0.3, 0.4) is 0 Å². The van der Waals surface area contributed by atoms with Gasteiger partial charge in [0, 0.05) is 11.8 Å². The molecule has 5 nitrogen and oxygen atoms in total. The van der Waals surface area contributed by atoms with Gasteiger partial charge in [0.1, 0.15) is 4.34 Å². The molecule has 0 aliphatic carbocycles. The smallest absolute Gasteiger partial charge is 0.257 e. The average Bonchev–Trinajstić information content (AvgIpc) is 2.97. The van der Waals surface area contributed by atoms with Crippen LogP contribution in [0.4, 0.5) is 5.13 Å². The normalized spacial score (nSPS) is 16.2. The van der Waals surface area contributed by atoms with Crippen molar-refractivity contribution in [3.63, 3.8) is 0 Å². The highest BCUT2D eigenvalue weighted by Gasteiger charge is 2.20. The van der Waals surface area contributed by atoms with Crippen molar-refractivity contribution >= 4 is 61.1 Å². The summed E-state index contributed by atoms with van der Waals surface area (Å²) >= 11 is 9.20. The number of hydrogen-bond acceptors (Lipinski definition) is 6. The predicted octanol–water partition coefficient (Wildman–Crippen LogP) is 4.67. The number of thiazole rings is 1. The molecule has 1 aromatic carbocycles. The van der Waals surface area contributed by atoms with E-state index in [0.29, 0.717) is 32.2 Å². The Balaban J connectivity index is 1.92. The van der Waals surface area contributed by atoms with Gasteiger partial charge >= 0.3 is 0 Å². The lowest BCUT2D eigenvalue weighted by Gasteiger charge is -2.19. The summed E-state index contributed by atoms with van der Waals surface area (Å²) in [5.41, 5.74) is 1.89. The molecule has 0 spiro atoms. The topological polar surface area (TPSA) is 76.1 Å². The lowest BCUT2D eigenvalue weighted by Crippen LogP contribution is -2.16. The van der Waals surface area contributed by atoms with Crippen molar-refractivity contribution in [2.45, 2.75) is 24.7 Å². The van der Waals surface area contributed by atoms with Crippen LogP contribution in [0.1, 0.15) is 24.1 Å². The second kappa shape index (κ2) is 8.98. The van der Waals surface area contributed by atoms with Gasteiger partial charge in [0.2, 0.25) is 0 Å². The van der Waals surface area contributed by atoms with E-state index in [9.17, 15) is 13.2 Å². The summed E-state index contributed by atoms with van der Waals surface area (Å²) in [6.45, 7) is 1.79. The molecule has 0 saturated carbocycles. The van der Waals surface area contributed by atoms with E-state index in [0.717, 1.165) is 24.3 Å². The molecule has 0 bridgehead atoms. The fourth-order valence-corrected chi connectivity index (χ4v) is 5.62. The Morgan fingerprint density at radius 1 is 1.25 bits per heavy atom. The molecule has 150 valence electrons. The van der Waals surface area contributed by atoms with E-state index < -0.39 is 9.84 Å². The number of benzene rings is 1. The highest BCUT2D eigenvalue weighted by Crippen LogP contribution is 2.30. The number of aryl methyl sites for hydroxylation is 1. The van der Waals surface area contributed by atoms with Gasteiger partial charge in [-0.25, -0.2) is 13.4 Å². The summed E-state index contributed by atoms with van der Waals surface area (Å²) in [6, 6.07) is 6.43. The molecular weight excluding hydrogens is 436 g/mol. The largest absolute Gasteiger partial charge is 0.298 e. The zero-order valence-corrected chi connectivity index (χ0v) is 18.8. The summed E-state index contributed by atoms with van der Waals surface area (Å²) in [4.78, 5) is 17.5. The molecule has 1 aromatic heterocycles. The summed E-state index contributed by atoms with van der Waals surface area (Å²) in [5, 5.41) is 3.28. The molecule has 2 heterocycles. The molecule has 28 heavy (non-hydrogen) atoms. The molecule has 2 aromatic rings. The zero-order chi connectivity index (χ0) is 20.3. The van der Waals surface area contributed by atoms with Crippen LogP contribution in [0, 0.1) is 12.8 Å². The number of aromatic nitrogens is 1. The van der Waals surface area contributed by atoms with E-state index in [1.54, 1.807) is 19.1 Å². The number of hydrogen-bond donors (Lipinski definition) is 1. The molecule has 1 aliphatic rings. The summed E-state index contributed by atoms with van der Waals surface area (Å²) in [5.74, 6) is 2.20. The van der Waals surface area contributed by atoms with Gasteiger partial charge in [-0.1, -0.05) is 41.1 Å². The molecule has 1 aliphatic heterocycles. The van der Waals surface area contributed by atoms with Gasteiger partial charge in [-0.15, -0.1) is 0 Å². The van der Waals surface area contributed by atoms with Gasteiger partial charge in [-0.05, 0) is 54.9 Å². The summed E-state index contributed by atoms with van der Waals surface area (Å²) < 4.78 is 24.0. The first-order valence-electron chi connectivity index (χ1n) is 8.78. The first-order valence-corrected chi connectivity index (χ1v) is 13.0. The second-order valence-corrected chi connectivity index (χ2v) is 11.5. The molecule has 0 unspecified atom stereocenters. The van der Waals surface area contributed by atoms with Gasteiger partial charge in [-0.2, -0.15) is 11.8 Å². The van der Waals surface area contributed by atoms with Crippen LogP contribution in [0.15, 0.2) is 35.2 Å². The van der Waals surface area contributed by atoms with E-state index in [1.807, 2.05) is 17.8 Å². The van der Waals surface area contributed by atoms with E-state index in [-0.39, 0.29) is 10.8 Å². The Hall–Kier alpha value is -1.35. The number of thioether (sulfide) groups is 1. The summed E-state index contributed by atoms with van der Waals surface area (Å²) in [6.07, 6.45) is 5.21. The number of carbonyl (C=O) groups excluding carboxylic acids is 1. The van der Waals surface area contributed by atoms with E-state index >= 15 is 0 Å². The monoisotopic (exact) mass is 456 g/mol. The number of halogens is 1. The Morgan fingerprint density at radius 3 is 2.43 bits per heavy atom. The molecule has 9 heteroatoms. The average molecular weight is 457 g/mol. The van der Waals surface area contributed by atoms with Crippen LogP contribution < -0.4 is 5.32 Å². The molecule has 1 amide bonds.